The van der Waals surface area contributed by atoms with Gasteiger partial charge in [-0.1, -0.05) is 118 Å². The number of aromatic carboxylic acids is 1. The zero-order chi connectivity index (χ0) is 59.2. The summed E-state index contributed by atoms with van der Waals surface area (Å²) in [6.07, 6.45) is 0. The molecule has 0 unspecified atom stereocenters. The first-order valence-electron chi connectivity index (χ1n) is 26.7. The maximum absolute atomic E-state index is 12.3. The van der Waals surface area contributed by atoms with Crippen LogP contribution in [0.4, 0.5) is 0 Å². The summed E-state index contributed by atoms with van der Waals surface area (Å²) in [6.45, 7) is 34.5. The van der Waals surface area contributed by atoms with Crippen molar-refractivity contribution in [1.82, 2.24) is 43.8 Å². The largest absolute Gasteiger partial charge is 1.00 e. The molecule has 21 heteroatoms. The summed E-state index contributed by atoms with van der Waals surface area (Å²) in [4.78, 5) is 49.0. The number of hydrogen-bond acceptors (Lipinski definition) is 14. The molecule has 0 radical (unpaired) electrons. The van der Waals surface area contributed by atoms with E-state index in [4.69, 9.17) is 24.6 Å². The number of nitrogens with zero attached hydrogens (tertiary/aromatic N) is 9. The zero-order valence-electron chi connectivity index (χ0n) is 50.4. The van der Waals surface area contributed by atoms with Gasteiger partial charge in [-0.2, -0.15) is 15.3 Å². The van der Waals surface area contributed by atoms with Gasteiger partial charge in [0.1, 0.15) is 0 Å². The Balaban J connectivity index is 0.000000242. The minimum Gasteiger partial charge on any atom is -0.870 e. The quantitative estimate of drug-likeness (QED) is 0.0809. The van der Waals surface area contributed by atoms with Gasteiger partial charge in [-0.05, 0) is 156 Å². The molecule has 0 bridgehead atoms. The second-order valence-electron chi connectivity index (χ2n) is 20.8. The first-order valence-corrected chi connectivity index (χ1v) is 27.5. The van der Waals surface area contributed by atoms with Crippen molar-refractivity contribution in [3.63, 3.8) is 0 Å². The minimum absolute atomic E-state index is 0. The summed E-state index contributed by atoms with van der Waals surface area (Å²) >= 11 is 3.46. The predicted molar refractivity (Wildman–Crippen MR) is 320 cm³/mol. The van der Waals surface area contributed by atoms with Crippen molar-refractivity contribution in [3.05, 3.63) is 162 Å². The molecule has 0 spiro atoms. The van der Waals surface area contributed by atoms with E-state index in [-0.39, 0.29) is 47.8 Å². The number of carboxylic acid groups (broad SMARTS) is 1. The van der Waals surface area contributed by atoms with Crippen LogP contribution in [0.5, 0.6) is 0 Å². The topological polar surface area (TPSA) is 251 Å². The molecule has 428 valence electrons. The summed E-state index contributed by atoms with van der Waals surface area (Å²) in [5.41, 5.74) is 19.3. The van der Waals surface area contributed by atoms with Gasteiger partial charge in [-0.3, -0.25) is 0 Å². The molecule has 9 aromatic rings. The Kier molecular flexibility index (Phi) is 23.7. The standard InChI is InChI=1S/C21H25N3O2.C19H21N3O2.C13H16BrN3O2.C8H11BO2.Li.H2O/c1-7-26-21(25)17-11-18(12(2)3)24-20(22-17)19(15(6)23-24)16-9-8-13(4)10-14(16)5;1-10(2)16-9-15(19(23)24)20-18-17(13(5)21-22(16)18)14-7-6-11(3)8-12(14)4;1-5-19-13(18)9-6-10(7(2)3)17-12(15-9)11(14)8(4)16-17;1-6-3-4-8(9(10)11)7(2)5-6;;/h8-12H,7H2,1-6H3;6-10H,1-5H3,(H,23,24);6-7H,5H2,1-4H3;3-5,10-11H,1-2H3;;1H2/q;;;;+1;/p-1. The molecule has 82 heavy (non-hydrogen) atoms. The Morgan fingerprint density at radius 1 is 0.524 bits per heavy atom. The van der Waals surface area contributed by atoms with Crippen LogP contribution >= 0.6 is 15.9 Å². The van der Waals surface area contributed by atoms with E-state index in [1.165, 1.54) is 11.1 Å². The van der Waals surface area contributed by atoms with Crippen LogP contribution in [-0.2, 0) is 9.47 Å². The third-order valence-corrected chi connectivity index (χ3v) is 14.2. The van der Waals surface area contributed by atoms with E-state index in [1.807, 2.05) is 65.1 Å². The molecular formula is C61H74BBrLiN9O9. The van der Waals surface area contributed by atoms with Crippen LogP contribution < -0.4 is 24.3 Å². The fraction of sp³-hybridized carbons (Fsp3) is 0.361. The van der Waals surface area contributed by atoms with Crippen molar-refractivity contribution in [1.29, 1.82) is 0 Å². The van der Waals surface area contributed by atoms with E-state index in [9.17, 15) is 19.5 Å². The molecule has 4 N–H and O–H groups in total. The average molecular weight is 1170 g/mol. The van der Waals surface area contributed by atoms with Gasteiger partial charge in [-0.25, -0.2) is 42.9 Å². The van der Waals surface area contributed by atoms with Crippen molar-refractivity contribution in [2.75, 3.05) is 13.2 Å². The van der Waals surface area contributed by atoms with E-state index in [0.717, 1.165) is 83.1 Å². The van der Waals surface area contributed by atoms with E-state index in [0.29, 0.717) is 47.0 Å². The van der Waals surface area contributed by atoms with Gasteiger partial charge in [0.2, 0.25) is 0 Å². The van der Waals surface area contributed by atoms with Crippen LogP contribution in [0.15, 0.2) is 77.3 Å². The normalized spacial score (nSPS) is 10.9. The number of halogens is 1. The molecule has 6 aromatic heterocycles. The number of hydrogen-bond donors (Lipinski definition) is 3. The van der Waals surface area contributed by atoms with Crippen molar-refractivity contribution < 1.29 is 63.3 Å². The van der Waals surface area contributed by atoms with Gasteiger partial charge in [0.15, 0.2) is 34.0 Å². The molecule has 0 fully saturated rings. The molecule has 18 nitrogen and oxygen atoms in total. The van der Waals surface area contributed by atoms with Crippen molar-refractivity contribution in [2.24, 2.45) is 0 Å². The third kappa shape index (κ3) is 15.1. The number of esters is 2. The molecule has 6 heterocycles. The monoisotopic (exact) mass is 1170 g/mol. The SMILES string of the molecule is CCOC(=O)c1cc(C(C)C)n2nc(C)c(-c3ccc(C)cc3C)c2n1.CCOC(=O)c1cc(C(C)C)n2nc(C)c(Br)c2n1.Cc1ccc(-c2c(C)nn3c(C(C)C)cc(C(=O)O)nc23)c(C)c1.Cc1ccc(B(O)O)c(C)c1.[Li+].[OH-]. The maximum atomic E-state index is 12.3. The molecule has 9 rings (SSSR count). The molecule has 0 atom stereocenters. The van der Waals surface area contributed by atoms with Gasteiger partial charge in [0.05, 0.1) is 34.8 Å². The number of aromatic nitrogens is 9. The van der Waals surface area contributed by atoms with Gasteiger partial charge in [-0.15, -0.1) is 0 Å². The Morgan fingerprint density at radius 3 is 1.22 bits per heavy atom. The van der Waals surface area contributed by atoms with Crippen molar-refractivity contribution in [3.8, 4) is 22.3 Å². The second-order valence-corrected chi connectivity index (χ2v) is 21.6. The van der Waals surface area contributed by atoms with Crippen molar-refractivity contribution >= 4 is 63.4 Å². The summed E-state index contributed by atoms with van der Waals surface area (Å²) in [5.74, 6) is -1.27. The number of ether oxygens (including phenoxy) is 2. The summed E-state index contributed by atoms with van der Waals surface area (Å²) in [6, 6.07) is 23.2. The molecule has 0 saturated heterocycles. The van der Waals surface area contributed by atoms with Crippen LogP contribution in [0.25, 0.3) is 39.2 Å². The number of aryl methyl sites for hydroxylation is 9. The fourth-order valence-corrected chi connectivity index (χ4v) is 9.64. The van der Waals surface area contributed by atoms with Crippen molar-refractivity contribution in [2.45, 2.75) is 135 Å². The molecule has 0 amide bonds. The molecule has 0 saturated carbocycles. The Hall–Kier alpha value is -7.05. The smallest absolute Gasteiger partial charge is 0.870 e. The molecule has 0 aliphatic rings. The van der Waals surface area contributed by atoms with Gasteiger partial charge >= 0.3 is 43.9 Å². The van der Waals surface area contributed by atoms with E-state index in [1.54, 1.807) is 47.1 Å². The summed E-state index contributed by atoms with van der Waals surface area (Å²) in [5, 5.41) is 40.9. The Bertz CT molecular complexity index is 3780. The van der Waals surface area contributed by atoms with Gasteiger partial charge in [0, 0.05) is 28.2 Å². The first kappa shape index (κ1) is 67.5. The third-order valence-electron chi connectivity index (χ3n) is 13.3. The number of carbonyl (C=O) groups excluding carboxylic acids is 2. The van der Waals surface area contributed by atoms with Crippen LogP contribution in [0.2, 0.25) is 0 Å². The van der Waals surface area contributed by atoms with Crippen LogP contribution in [-0.4, -0.2) is 103 Å². The molecule has 3 aromatic carbocycles. The van der Waals surface area contributed by atoms with Crippen LogP contribution in [0, 0.1) is 62.3 Å². The van der Waals surface area contributed by atoms with E-state index in [2.05, 4.69) is 133 Å². The van der Waals surface area contributed by atoms with Crippen LogP contribution in [0.3, 0.4) is 0 Å². The Morgan fingerprint density at radius 2 is 0.866 bits per heavy atom. The second kappa shape index (κ2) is 28.8. The minimum atomic E-state index is -1.35. The number of carboxylic acids is 1. The zero-order valence-corrected chi connectivity index (χ0v) is 52.0. The number of fused-ring (bicyclic) bond motifs is 3. The summed E-state index contributed by atoms with van der Waals surface area (Å²) in [7, 11) is -1.35. The van der Waals surface area contributed by atoms with Crippen LogP contribution in [0.1, 0.15) is 172 Å². The van der Waals surface area contributed by atoms with Gasteiger partial charge in [0.25, 0.3) is 0 Å². The van der Waals surface area contributed by atoms with E-state index >= 15 is 0 Å². The summed E-state index contributed by atoms with van der Waals surface area (Å²) < 4.78 is 16.4. The van der Waals surface area contributed by atoms with E-state index < -0.39 is 25.0 Å². The number of carbonyl (C=O) groups is 3. The Labute approximate surface area is 500 Å². The number of rotatable bonds is 11. The number of benzene rings is 3. The fourth-order valence-electron chi connectivity index (χ4n) is 9.31. The molecule has 0 aliphatic heterocycles. The molecule has 0 aliphatic carbocycles. The van der Waals surface area contributed by atoms with Gasteiger partial charge < -0.3 is 30.1 Å². The maximum Gasteiger partial charge on any atom is 1.00 e. The first-order chi connectivity index (χ1) is 37.7. The average Bonchev–Trinajstić information content (AvgIpc) is 4.03. The molecular weight excluding hydrogens is 1100 g/mol. The predicted octanol–water partition coefficient (Wildman–Crippen LogP) is 8.68.